The molecule has 0 aliphatic carbocycles. The minimum atomic E-state index is -0.457. The molecule has 208 valence electrons. The van der Waals surface area contributed by atoms with Gasteiger partial charge in [-0.3, -0.25) is 4.79 Å². The van der Waals surface area contributed by atoms with E-state index in [9.17, 15) is 9.59 Å². The molecule has 0 aliphatic rings. The minimum absolute atomic E-state index is 0.231. The molecule has 5 aromatic rings. The van der Waals surface area contributed by atoms with Crippen LogP contribution in [0.15, 0.2) is 84.9 Å². The second kappa shape index (κ2) is 12.4. The van der Waals surface area contributed by atoms with E-state index in [4.69, 9.17) is 26.8 Å². The summed E-state index contributed by atoms with van der Waals surface area (Å²) in [5.41, 5.74) is 11.2. The number of carbonyl (C=O) groups excluding carboxylic acids is 2. The number of aromatic amines is 1. The van der Waals surface area contributed by atoms with Crippen LogP contribution in [0.3, 0.4) is 0 Å². The molecule has 5 rings (SSSR count). The number of imidazole rings is 1. The molecule has 0 saturated heterocycles. The molecule has 0 bridgehead atoms. The van der Waals surface area contributed by atoms with Gasteiger partial charge in [-0.1, -0.05) is 60.1 Å². The maximum atomic E-state index is 13.3. The fourth-order valence-corrected chi connectivity index (χ4v) is 4.60. The Morgan fingerprint density at radius 3 is 2.63 bits per heavy atom. The van der Waals surface area contributed by atoms with Gasteiger partial charge >= 0.3 is 5.97 Å². The zero-order valence-corrected chi connectivity index (χ0v) is 23.0. The predicted molar refractivity (Wildman–Crippen MR) is 161 cm³/mol. The second-order valence-corrected chi connectivity index (χ2v) is 9.54. The van der Waals surface area contributed by atoms with Crippen molar-refractivity contribution in [3.05, 3.63) is 101 Å². The van der Waals surface area contributed by atoms with Crippen molar-refractivity contribution in [3.8, 4) is 16.9 Å². The highest BCUT2D eigenvalue weighted by Crippen LogP contribution is 2.34. The number of hydrogen-bond donors (Lipinski definition) is 4. The molecule has 0 radical (unpaired) electrons. The first kappa shape index (κ1) is 27.5. The number of hydrogen-bond acceptors (Lipinski definition) is 7. The molecule has 1 heterocycles. The van der Waals surface area contributed by atoms with Crippen LogP contribution in [0.1, 0.15) is 22.8 Å². The van der Waals surface area contributed by atoms with Gasteiger partial charge < -0.3 is 30.8 Å². The van der Waals surface area contributed by atoms with E-state index >= 15 is 0 Å². The summed E-state index contributed by atoms with van der Waals surface area (Å²) < 4.78 is 11.1. The van der Waals surface area contributed by atoms with E-state index in [1.807, 2.05) is 48.5 Å². The lowest BCUT2D eigenvalue weighted by Crippen LogP contribution is -2.17. The molecule has 1 aromatic heterocycles. The van der Waals surface area contributed by atoms with Gasteiger partial charge in [-0.2, -0.15) is 0 Å². The third-order valence-electron chi connectivity index (χ3n) is 6.28. The van der Waals surface area contributed by atoms with Crippen molar-refractivity contribution in [3.63, 3.8) is 0 Å². The SMILES string of the molecule is CCOC(=O)COc1c(CNc2ccc(Cl)cc2C(=O)Nc2ccc3[nH]c(N)nc3c2)cccc1-c1ccccc1. The zero-order valence-electron chi connectivity index (χ0n) is 22.2. The highest BCUT2D eigenvalue weighted by molar-refractivity contribution is 6.31. The summed E-state index contributed by atoms with van der Waals surface area (Å²) in [7, 11) is 0. The van der Waals surface area contributed by atoms with Crippen LogP contribution >= 0.6 is 11.6 Å². The Morgan fingerprint density at radius 1 is 1.00 bits per heavy atom. The third-order valence-corrected chi connectivity index (χ3v) is 6.51. The van der Waals surface area contributed by atoms with E-state index < -0.39 is 5.97 Å². The number of carbonyl (C=O) groups is 2. The molecule has 0 saturated carbocycles. The molecule has 0 spiro atoms. The Balaban J connectivity index is 1.40. The van der Waals surface area contributed by atoms with Crippen LogP contribution in [-0.2, 0) is 16.1 Å². The first-order valence-electron chi connectivity index (χ1n) is 13.0. The molecule has 1 amide bonds. The van der Waals surface area contributed by atoms with Gasteiger partial charge in [0.25, 0.3) is 5.91 Å². The Labute approximate surface area is 241 Å². The van der Waals surface area contributed by atoms with Gasteiger partial charge in [0.2, 0.25) is 0 Å². The average Bonchev–Trinajstić information content (AvgIpc) is 3.35. The van der Waals surface area contributed by atoms with Crippen molar-refractivity contribution in [1.29, 1.82) is 0 Å². The van der Waals surface area contributed by atoms with Crippen LogP contribution in [0, 0.1) is 0 Å². The van der Waals surface area contributed by atoms with Gasteiger partial charge in [0.1, 0.15) is 5.75 Å². The summed E-state index contributed by atoms with van der Waals surface area (Å²) in [6.45, 7) is 2.09. The topological polar surface area (TPSA) is 131 Å². The minimum Gasteiger partial charge on any atom is -0.481 e. The molecule has 0 fully saturated rings. The lowest BCUT2D eigenvalue weighted by atomic mass is 10.0. The van der Waals surface area contributed by atoms with Gasteiger partial charge in [-0.05, 0) is 48.9 Å². The van der Waals surface area contributed by atoms with Crippen molar-refractivity contribution in [2.75, 3.05) is 29.6 Å². The molecule has 5 N–H and O–H groups in total. The normalized spacial score (nSPS) is 10.8. The molecule has 9 nitrogen and oxygen atoms in total. The maximum Gasteiger partial charge on any atom is 0.344 e. The van der Waals surface area contributed by atoms with Crippen LogP contribution in [0.5, 0.6) is 5.75 Å². The lowest BCUT2D eigenvalue weighted by Gasteiger charge is -2.18. The van der Waals surface area contributed by atoms with Gasteiger partial charge in [0.05, 0.1) is 23.2 Å². The summed E-state index contributed by atoms with van der Waals surface area (Å²) in [6.07, 6.45) is 0. The van der Waals surface area contributed by atoms with Crippen LogP contribution in [0.4, 0.5) is 17.3 Å². The Hall–Kier alpha value is -5.02. The van der Waals surface area contributed by atoms with E-state index in [2.05, 4.69) is 20.6 Å². The smallest absolute Gasteiger partial charge is 0.344 e. The number of esters is 1. The Kier molecular flexibility index (Phi) is 8.36. The number of ether oxygens (including phenoxy) is 2. The molecule has 4 aromatic carbocycles. The van der Waals surface area contributed by atoms with E-state index in [-0.39, 0.29) is 19.1 Å². The summed E-state index contributed by atoms with van der Waals surface area (Å²) in [5.74, 6) is 0.0360. The van der Waals surface area contributed by atoms with Crippen molar-refractivity contribution >= 4 is 51.8 Å². The van der Waals surface area contributed by atoms with Crippen molar-refractivity contribution in [2.24, 2.45) is 0 Å². The first-order valence-corrected chi connectivity index (χ1v) is 13.3. The van der Waals surface area contributed by atoms with Crippen LogP contribution in [0.2, 0.25) is 5.02 Å². The number of fused-ring (bicyclic) bond motifs is 1. The second-order valence-electron chi connectivity index (χ2n) is 9.11. The Morgan fingerprint density at radius 2 is 1.83 bits per heavy atom. The molecular formula is C31H28ClN5O4. The number of aromatic nitrogens is 2. The monoisotopic (exact) mass is 569 g/mol. The fraction of sp³-hybridized carbons (Fsp3) is 0.129. The third kappa shape index (κ3) is 6.59. The number of halogens is 1. The number of H-pyrrole nitrogens is 1. The van der Waals surface area contributed by atoms with Gasteiger partial charge in [-0.15, -0.1) is 0 Å². The number of para-hydroxylation sites is 1. The molecule has 0 unspecified atom stereocenters. The van der Waals surface area contributed by atoms with Crippen LogP contribution in [-0.4, -0.2) is 35.1 Å². The largest absolute Gasteiger partial charge is 0.481 e. The van der Waals surface area contributed by atoms with E-state index in [1.54, 1.807) is 43.3 Å². The number of nitrogens with one attached hydrogen (secondary N) is 3. The number of nitrogens with zero attached hydrogens (tertiary/aromatic N) is 1. The predicted octanol–water partition coefficient (Wildman–Crippen LogP) is 6.27. The number of rotatable bonds is 10. The van der Waals surface area contributed by atoms with Crippen LogP contribution < -0.4 is 21.1 Å². The number of amides is 1. The molecule has 0 aliphatic heterocycles. The lowest BCUT2D eigenvalue weighted by molar-refractivity contribution is -0.145. The summed E-state index contributed by atoms with van der Waals surface area (Å²) in [6, 6.07) is 25.9. The fourth-order valence-electron chi connectivity index (χ4n) is 4.42. The molecule has 0 atom stereocenters. The first-order chi connectivity index (χ1) is 19.9. The number of nitrogens with two attached hydrogens (primary N) is 1. The van der Waals surface area contributed by atoms with E-state index in [0.29, 0.717) is 45.7 Å². The van der Waals surface area contributed by atoms with Crippen molar-refractivity contribution < 1.29 is 19.1 Å². The molecule has 10 heteroatoms. The van der Waals surface area contributed by atoms with Crippen molar-refractivity contribution in [1.82, 2.24) is 9.97 Å². The number of nitrogen functional groups attached to an aromatic ring is 1. The summed E-state index contributed by atoms with van der Waals surface area (Å²) >= 11 is 6.27. The molecular weight excluding hydrogens is 542 g/mol. The van der Waals surface area contributed by atoms with E-state index in [0.717, 1.165) is 22.2 Å². The highest BCUT2D eigenvalue weighted by Gasteiger charge is 2.17. The standard InChI is InChI=1S/C31H28ClN5O4/c1-2-40-28(38)18-41-29-20(9-6-10-23(29)19-7-4-3-5-8-19)17-34-25-13-11-21(32)15-24(25)30(39)35-22-12-14-26-27(16-22)37-31(33)36-26/h3-16,34H,2,17-18H2,1H3,(H,35,39)(H3,33,36,37). The summed E-state index contributed by atoms with van der Waals surface area (Å²) in [5, 5.41) is 6.66. The number of anilines is 3. The van der Waals surface area contributed by atoms with Crippen LogP contribution in [0.25, 0.3) is 22.2 Å². The van der Waals surface area contributed by atoms with Crippen molar-refractivity contribution in [2.45, 2.75) is 13.5 Å². The zero-order chi connectivity index (χ0) is 28.8. The maximum absolute atomic E-state index is 13.3. The van der Waals surface area contributed by atoms with Gasteiger partial charge in [0.15, 0.2) is 12.6 Å². The highest BCUT2D eigenvalue weighted by atomic mass is 35.5. The quantitative estimate of drug-likeness (QED) is 0.146. The Bertz CT molecular complexity index is 1700. The molecule has 41 heavy (non-hydrogen) atoms. The van der Waals surface area contributed by atoms with E-state index in [1.165, 1.54) is 0 Å². The average molecular weight is 570 g/mol. The van der Waals surface area contributed by atoms with Gasteiger partial charge in [-0.25, -0.2) is 9.78 Å². The van der Waals surface area contributed by atoms with Gasteiger partial charge in [0, 0.05) is 34.1 Å². The number of benzene rings is 4. The summed E-state index contributed by atoms with van der Waals surface area (Å²) in [4.78, 5) is 32.6.